The molecule has 74 valence electrons. The van der Waals surface area contributed by atoms with Crippen LogP contribution < -0.4 is 0 Å². The summed E-state index contributed by atoms with van der Waals surface area (Å²) < 4.78 is 0. The van der Waals surface area contributed by atoms with E-state index >= 15 is 0 Å². The minimum absolute atomic E-state index is 0.0709. The van der Waals surface area contributed by atoms with E-state index in [0.29, 0.717) is 12.0 Å². The summed E-state index contributed by atoms with van der Waals surface area (Å²) in [6.07, 6.45) is 4.57. The van der Waals surface area contributed by atoms with Crippen LogP contribution in [0.2, 0.25) is 0 Å². The summed E-state index contributed by atoms with van der Waals surface area (Å²) in [5, 5.41) is 0. The summed E-state index contributed by atoms with van der Waals surface area (Å²) in [7, 11) is 0. The molecule has 2 nitrogen and oxygen atoms in total. The zero-order chi connectivity index (χ0) is 10.7. The predicted octanol–water partition coefficient (Wildman–Crippen LogP) is 1.86. The summed E-state index contributed by atoms with van der Waals surface area (Å²) in [6, 6.07) is 9.64. The molecule has 0 atom stereocenters. The first-order valence-corrected chi connectivity index (χ1v) is 4.76. The molecule has 0 heterocycles. The minimum atomic E-state index is -0.111. The van der Waals surface area contributed by atoms with E-state index in [1.165, 1.54) is 18.2 Å². The predicted molar refractivity (Wildman–Crippen MR) is 57.4 cm³/mol. The molecular weight excluding hydrogens is 188 g/mol. The third-order valence-electron chi connectivity index (χ3n) is 2.27. The SMILES string of the molecule is O=C1C=CC(=O)C(Cc2ccccc2)=C1. The standard InChI is InChI=1S/C13H10O2/c14-12-6-7-13(15)11(9-12)8-10-4-2-1-3-5-10/h1-7,9H,8H2. The number of allylic oxidation sites excluding steroid dienone is 4. The van der Waals surface area contributed by atoms with Crippen LogP contribution >= 0.6 is 0 Å². The van der Waals surface area contributed by atoms with Crippen LogP contribution in [-0.2, 0) is 16.0 Å². The summed E-state index contributed by atoms with van der Waals surface area (Å²) >= 11 is 0. The first-order valence-electron chi connectivity index (χ1n) is 4.76. The molecule has 0 unspecified atom stereocenters. The zero-order valence-corrected chi connectivity index (χ0v) is 8.14. The fraction of sp³-hybridized carbons (Fsp3) is 0.0769. The van der Waals surface area contributed by atoms with Crippen LogP contribution in [0.5, 0.6) is 0 Å². The number of carbonyl (C=O) groups excluding carboxylic acids is 2. The van der Waals surface area contributed by atoms with Crippen molar-refractivity contribution in [2.75, 3.05) is 0 Å². The van der Waals surface area contributed by atoms with Crippen LogP contribution in [0.25, 0.3) is 0 Å². The molecule has 0 radical (unpaired) electrons. The maximum Gasteiger partial charge on any atom is 0.182 e. The van der Waals surface area contributed by atoms with E-state index < -0.39 is 0 Å². The lowest BCUT2D eigenvalue weighted by Crippen LogP contribution is -2.09. The Morgan fingerprint density at radius 3 is 2.40 bits per heavy atom. The van der Waals surface area contributed by atoms with Crippen molar-refractivity contribution in [1.82, 2.24) is 0 Å². The van der Waals surface area contributed by atoms with Gasteiger partial charge in [-0.25, -0.2) is 0 Å². The molecule has 2 rings (SSSR count). The largest absolute Gasteiger partial charge is 0.290 e. The van der Waals surface area contributed by atoms with Gasteiger partial charge in [0.1, 0.15) is 0 Å². The van der Waals surface area contributed by atoms with Crippen LogP contribution in [0.3, 0.4) is 0 Å². The van der Waals surface area contributed by atoms with Gasteiger partial charge in [-0.05, 0) is 23.8 Å². The topological polar surface area (TPSA) is 34.1 Å². The minimum Gasteiger partial charge on any atom is -0.290 e. The Hall–Kier alpha value is -1.96. The second kappa shape index (κ2) is 4.05. The molecule has 0 bridgehead atoms. The molecule has 0 fully saturated rings. The third-order valence-corrected chi connectivity index (χ3v) is 2.27. The van der Waals surface area contributed by atoms with E-state index in [2.05, 4.69) is 0 Å². The van der Waals surface area contributed by atoms with Crippen molar-refractivity contribution in [1.29, 1.82) is 0 Å². The van der Waals surface area contributed by atoms with E-state index in [1.807, 2.05) is 30.3 Å². The van der Waals surface area contributed by atoms with Gasteiger partial charge in [0, 0.05) is 12.0 Å². The number of rotatable bonds is 2. The lowest BCUT2D eigenvalue weighted by atomic mass is 9.97. The Morgan fingerprint density at radius 1 is 0.933 bits per heavy atom. The quantitative estimate of drug-likeness (QED) is 0.680. The van der Waals surface area contributed by atoms with Gasteiger partial charge in [0.25, 0.3) is 0 Å². The van der Waals surface area contributed by atoms with Gasteiger partial charge in [-0.2, -0.15) is 0 Å². The highest BCUT2D eigenvalue weighted by Crippen LogP contribution is 2.12. The smallest absolute Gasteiger partial charge is 0.182 e. The van der Waals surface area contributed by atoms with Gasteiger partial charge in [-0.1, -0.05) is 30.3 Å². The van der Waals surface area contributed by atoms with E-state index in [1.54, 1.807) is 0 Å². The number of ketones is 2. The Bertz CT molecular complexity index is 453. The Labute approximate surface area is 87.9 Å². The fourth-order valence-corrected chi connectivity index (χ4v) is 1.51. The van der Waals surface area contributed by atoms with Crippen LogP contribution in [-0.4, -0.2) is 11.6 Å². The third kappa shape index (κ3) is 2.29. The van der Waals surface area contributed by atoms with Gasteiger partial charge in [0.05, 0.1) is 0 Å². The van der Waals surface area contributed by atoms with Gasteiger partial charge in [-0.3, -0.25) is 9.59 Å². The highest BCUT2D eigenvalue weighted by atomic mass is 16.1. The van der Waals surface area contributed by atoms with Crippen LogP contribution in [0.4, 0.5) is 0 Å². The van der Waals surface area contributed by atoms with Crippen molar-refractivity contribution >= 4 is 11.6 Å². The van der Waals surface area contributed by atoms with Gasteiger partial charge in [0.15, 0.2) is 11.6 Å². The number of hydrogen-bond acceptors (Lipinski definition) is 2. The first-order chi connectivity index (χ1) is 7.25. The van der Waals surface area contributed by atoms with Gasteiger partial charge in [-0.15, -0.1) is 0 Å². The maximum atomic E-state index is 11.4. The van der Waals surface area contributed by atoms with Crippen molar-refractivity contribution in [3.8, 4) is 0 Å². The average Bonchev–Trinajstić information content (AvgIpc) is 2.25. The molecule has 2 heteroatoms. The fourth-order valence-electron chi connectivity index (χ4n) is 1.51. The lowest BCUT2D eigenvalue weighted by Gasteiger charge is -2.06. The van der Waals surface area contributed by atoms with E-state index in [9.17, 15) is 9.59 Å². The van der Waals surface area contributed by atoms with Crippen molar-refractivity contribution in [3.63, 3.8) is 0 Å². The summed E-state index contributed by atoms with van der Waals surface area (Å²) in [5.41, 5.74) is 1.61. The number of hydrogen-bond donors (Lipinski definition) is 0. The molecule has 1 aliphatic rings. The molecule has 0 aliphatic heterocycles. The van der Waals surface area contributed by atoms with Crippen molar-refractivity contribution in [2.45, 2.75) is 6.42 Å². The van der Waals surface area contributed by atoms with Gasteiger partial charge < -0.3 is 0 Å². The van der Waals surface area contributed by atoms with Gasteiger partial charge in [0.2, 0.25) is 0 Å². The van der Waals surface area contributed by atoms with E-state index in [-0.39, 0.29) is 11.6 Å². The molecule has 0 saturated heterocycles. The normalized spacial score (nSPS) is 15.3. The highest BCUT2D eigenvalue weighted by molar-refractivity contribution is 6.17. The Kier molecular flexibility index (Phi) is 2.59. The summed E-state index contributed by atoms with van der Waals surface area (Å²) in [5.74, 6) is -0.181. The average molecular weight is 198 g/mol. The maximum absolute atomic E-state index is 11.4. The van der Waals surface area contributed by atoms with Crippen LogP contribution in [0.1, 0.15) is 5.56 Å². The highest BCUT2D eigenvalue weighted by Gasteiger charge is 2.12. The molecule has 0 N–H and O–H groups in total. The molecular formula is C13H10O2. The van der Waals surface area contributed by atoms with Crippen LogP contribution in [0, 0.1) is 0 Å². The molecule has 15 heavy (non-hydrogen) atoms. The second-order valence-electron chi connectivity index (χ2n) is 3.43. The van der Waals surface area contributed by atoms with Crippen molar-refractivity contribution < 1.29 is 9.59 Å². The Balaban J connectivity index is 2.19. The monoisotopic (exact) mass is 198 g/mol. The van der Waals surface area contributed by atoms with Gasteiger partial charge >= 0.3 is 0 Å². The first kappa shape index (κ1) is 9.59. The molecule has 1 aliphatic carbocycles. The van der Waals surface area contributed by atoms with Crippen molar-refractivity contribution in [3.05, 3.63) is 59.7 Å². The second-order valence-corrected chi connectivity index (χ2v) is 3.43. The summed E-state index contributed by atoms with van der Waals surface area (Å²) in [6.45, 7) is 0. The van der Waals surface area contributed by atoms with E-state index in [4.69, 9.17) is 0 Å². The van der Waals surface area contributed by atoms with E-state index in [0.717, 1.165) is 5.56 Å². The molecule has 0 amide bonds. The number of benzene rings is 1. The molecule has 0 saturated carbocycles. The molecule has 0 aromatic heterocycles. The summed E-state index contributed by atoms with van der Waals surface area (Å²) in [4.78, 5) is 22.5. The van der Waals surface area contributed by atoms with Crippen molar-refractivity contribution in [2.24, 2.45) is 0 Å². The molecule has 1 aromatic carbocycles. The zero-order valence-electron chi connectivity index (χ0n) is 8.14. The van der Waals surface area contributed by atoms with Crippen LogP contribution in [0.15, 0.2) is 54.1 Å². The Morgan fingerprint density at radius 2 is 1.67 bits per heavy atom. The number of carbonyl (C=O) groups is 2. The lowest BCUT2D eigenvalue weighted by molar-refractivity contribution is -0.114. The molecule has 1 aromatic rings. The molecule has 0 spiro atoms.